The lowest BCUT2D eigenvalue weighted by molar-refractivity contribution is -0.145. The Morgan fingerprint density at radius 2 is 1.63 bits per heavy atom. The van der Waals surface area contributed by atoms with E-state index in [2.05, 4.69) is 21.2 Å². The van der Waals surface area contributed by atoms with Crippen molar-refractivity contribution < 1.29 is 14.3 Å². The van der Waals surface area contributed by atoms with Crippen molar-refractivity contribution in [3.8, 4) is 0 Å². The molecule has 0 fully saturated rings. The van der Waals surface area contributed by atoms with Gasteiger partial charge in [0.05, 0.1) is 18.1 Å². The van der Waals surface area contributed by atoms with E-state index in [0.717, 1.165) is 21.9 Å². The maximum Gasteiger partial charge on any atom is 0.333 e. The number of methoxy groups -OCH3 is 1. The van der Waals surface area contributed by atoms with Gasteiger partial charge < -0.3 is 10.1 Å². The number of hydrogen-bond donors (Lipinski definition) is 1. The largest absolute Gasteiger partial charge is 0.467 e. The number of fused-ring (bicyclic) bond motifs is 1. The molecule has 0 bridgehead atoms. The molecule has 1 unspecified atom stereocenters. The van der Waals surface area contributed by atoms with Crippen LogP contribution >= 0.6 is 15.9 Å². The number of carbonyl (C=O) groups excluding carboxylic acids is 2. The number of aryl methyl sites for hydroxylation is 2. The van der Waals surface area contributed by atoms with Crippen LogP contribution in [-0.4, -0.2) is 28.1 Å². The maximum atomic E-state index is 12.8. The number of imidazole rings is 1. The summed E-state index contributed by atoms with van der Waals surface area (Å²) in [6, 6.07) is 13.7. The van der Waals surface area contributed by atoms with Gasteiger partial charge in [-0.15, -0.1) is 0 Å². The standard InChI is InChI=1S/C22H24BrN3O4/c1-3-13-25-17-6-4-5-7-18(17)26(22(25)29)14-12-19(27)24-20(21(28)30-2)15-8-10-16(23)11-9-15/h4-11,20H,3,12-14H2,1-2H3,(H,24,27). The zero-order valence-corrected chi connectivity index (χ0v) is 18.5. The molecule has 2 aromatic carbocycles. The summed E-state index contributed by atoms with van der Waals surface area (Å²) in [5.41, 5.74) is 2.13. The molecule has 0 saturated carbocycles. The van der Waals surface area contributed by atoms with Crippen molar-refractivity contribution in [2.45, 2.75) is 38.9 Å². The lowest BCUT2D eigenvalue weighted by Crippen LogP contribution is -2.35. The quantitative estimate of drug-likeness (QED) is 0.508. The number of ether oxygens (including phenoxy) is 1. The topological polar surface area (TPSA) is 82.3 Å². The third-order valence-electron chi connectivity index (χ3n) is 4.88. The van der Waals surface area contributed by atoms with Gasteiger partial charge in [0.25, 0.3) is 0 Å². The van der Waals surface area contributed by atoms with Crippen molar-refractivity contribution in [3.05, 3.63) is 69.1 Å². The lowest BCUT2D eigenvalue weighted by Gasteiger charge is -2.17. The molecule has 7 nitrogen and oxygen atoms in total. The monoisotopic (exact) mass is 473 g/mol. The van der Waals surface area contributed by atoms with Crippen molar-refractivity contribution in [2.24, 2.45) is 0 Å². The fourth-order valence-electron chi connectivity index (χ4n) is 3.43. The molecule has 1 atom stereocenters. The third-order valence-corrected chi connectivity index (χ3v) is 5.41. The Hall–Kier alpha value is -2.87. The number of para-hydroxylation sites is 2. The van der Waals surface area contributed by atoms with E-state index in [0.29, 0.717) is 12.1 Å². The first-order valence-electron chi connectivity index (χ1n) is 9.77. The van der Waals surface area contributed by atoms with E-state index in [4.69, 9.17) is 4.74 Å². The zero-order valence-electron chi connectivity index (χ0n) is 16.9. The molecule has 0 aliphatic rings. The van der Waals surface area contributed by atoms with E-state index in [-0.39, 0.29) is 24.6 Å². The molecule has 3 aromatic rings. The van der Waals surface area contributed by atoms with Crippen LogP contribution in [0.2, 0.25) is 0 Å². The summed E-state index contributed by atoms with van der Waals surface area (Å²) >= 11 is 3.35. The van der Waals surface area contributed by atoms with E-state index in [1.165, 1.54) is 7.11 Å². The summed E-state index contributed by atoms with van der Waals surface area (Å²) in [5, 5.41) is 2.72. The molecule has 3 rings (SSSR count). The summed E-state index contributed by atoms with van der Waals surface area (Å²) in [4.78, 5) is 37.7. The second-order valence-corrected chi connectivity index (χ2v) is 7.82. The molecule has 1 aromatic heterocycles. The zero-order chi connectivity index (χ0) is 21.7. The van der Waals surface area contributed by atoms with E-state index < -0.39 is 12.0 Å². The molecule has 1 amide bonds. The number of carbonyl (C=O) groups is 2. The van der Waals surface area contributed by atoms with Gasteiger partial charge in [-0.3, -0.25) is 13.9 Å². The minimum Gasteiger partial charge on any atom is -0.467 e. The van der Waals surface area contributed by atoms with Gasteiger partial charge in [-0.05, 0) is 36.2 Å². The van der Waals surface area contributed by atoms with Crippen LogP contribution in [-0.2, 0) is 27.4 Å². The van der Waals surface area contributed by atoms with Crippen LogP contribution in [0.15, 0.2) is 57.8 Å². The highest BCUT2D eigenvalue weighted by Crippen LogP contribution is 2.19. The van der Waals surface area contributed by atoms with Gasteiger partial charge in [0.1, 0.15) is 0 Å². The summed E-state index contributed by atoms with van der Waals surface area (Å²) in [6.45, 7) is 2.85. The van der Waals surface area contributed by atoms with E-state index >= 15 is 0 Å². The van der Waals surface area contributed by atoms with Gasteiger partial charge in [0.15, 0.2) is 6.04 Å². The SMILES string of the molecule is CCCn1c(=O)n(CCC(=O)NC(C(=O)OC)c2ccc(Br)cc2)c2ccccc21. The number of benzene rings is 2. The Labute approximate surface area is 182 Å². The molecule has 30 heavy (non-hydrogen) atoms. The minimum absolute atomic E-state index is 0.0596. The smallest absolute Gasteiger partial charge is 0.333 e. The molecule has 8 heteroatoms. The second kappa shape index (κ2) is 9.75. The van der Waals surface area contributed by atoms with Crippen LogP contribution in [0.3, 0.4) is 0 Å². The van der Waals surface area contributed by atoms with Crippen LogP contribution in [0.25, 0.3) is 11.0 Å². The Balaban J connectivity index is 1.78. The predicted molar refractivity (Wildman–Crippen MR) is 118 cm³/mol. The predicted octanol–water partition coefficient (Wildman–Crippen LogP) is 3.40. The molecule has 0 aliphatic carbocycles. The number of esters is 1. The van der Waals surface area contributed by atoms with Gasteiger partial charge in [0.2, 0.25) is 5.91 Å². The molecule has 0 aliphatic heterocycles. The van der Waals surface area contributed by atoms with E-state index in [1.54, 1.807) is 33.4 Å². The van der Waals surface area contributed by atoms with Gasteiger partial charge in [-0.2, -0.15) is 0 Å². The fourth-order valence-corrected chi connectivity index (χ4v) is 3.69. The molecular formula is C22H24BrN3O4. The van der Waals surface area contributed by atoms with Crippen LogP contribution in [0, 0.1) is 0 Å². The number of rotatable bonds is 8. The highest BCUT2D eigenvalue weighted by Gasteiger charge is 2.24. The highest BCUT2D eigenvalue weighted by atomic mass is 79.9. The molecular weight excluding hydrogens is 450 g/mol. The molecule has 0 spiro atoms. The maximum absolute atomic E-state index is 12.8. The van der Waals surface area contributed by atoms with Gasteiger partial charge in [0, 0.05) is 24.0 Å². The first-order chi connectivity index (χ1) is 14.5. The third kappa shape index (κ3) is 4.64. The number of hydrogen-bond acceptors (Lipinski definition) is 4. The van der Waals surface area contributed by atoms with Crippen LogP contribution in [0.1, 0.15) is 31.4 Å². The Morgan fingerprint density at radius 1 is 1.03 bits per heavy atom. The Morgan fingerprint density at radius 3 is 2.20 bits per heavy atom. The van der Waals surface area contributed by atoms with Gasteiger partial charge in [-0.1, -0.05) is 47.1 Å². The van der Waals surface area contributed by atoms with Crippen molar-refractivity contribution in [1.82, 2.24) is 14.5 Å². The Bertz CT molecular complexity index is 1100. The summed E-state index contributed by atoms with van der Waals surface area (Å²) in [7, 11) is 1.28. The summed E-state index contributed by atoms with van der Waals surface area (Å²) in [6.07, 6.45) is 0.895. The van der Waals surface area contributed by atoms with Crippen LogP contribution < -0.4 is 11.0 Å². The van der Waals surface area contributed by atoms with Crippen molar-refractivity contribution >= 4 is 38.8 Å². The van der Waals surface area contributed by atoms with E-state index in [1.807, 2.05) is 31.2 Å². The number of aromatic nitrogens is 2. The van der Waals surface area contributed by atoms with Gasteiger partial charge >= 0.3 is 11.7 Å². The number of amides is 1. The van der Waals surface area contributed by atoms with Crippen molar-refractivity contribution in [1.29, 1.82) is 0 Å². The average molecular weight is 474 g/mol. The van der Waals surface area contributed by atoms with Crippen molar-refractivity contribution in [2.75, 3.05) is 7.11 Å². The normalized spacial score (nSPS) is 12.0. The summed E-state index contributed by atoms with van der Waals surface area (Å²) in [5.74, 6) is -0.894. The highest BCUT2D eigenvalue weighted by molar-refractivity contribution is 9.10. The van der Waals surface area contributed by atoms with Crippen molar-refractivity contribution in [3.63, 3.8) is 0 Å². The number of nitrogens with zero attached hydrogens (tertiary/aromatic N) is 2. The molecule has 0 saturated heterocycles. The minimum atomic E-state index is -0.909. The molecule has 0 radical (unpaired) electrons. The van der Waals surface area contributed by atoms with Crippen LogP contribution in [0.5, 0.6) is 0 Å². The second-order valence-electron chi connectivity index (χ2n) is 6.90. The first kappa shape index (κ1) is 21.8. The molecule has 1 heterocycles. The first-order valence-corrected chi connectivity index (χ1v) is 10.6. The number of nitrogens with one attached hydrogen (secondary N) is 1. The van der Waals surface area contributed by atoms with E-state index in [9.17, 15) is 14.4 Å². The van der Waals surface area contributed by atoms with Crippen LogP contribution in [0.4, 0.5) is 0 Å². The molecule has 1 N–H and O–H groups in total. The average Bonchev–Trinajstić information content (AvgIpc) is 3.02. The Kier molecular flexibility index (Phi) is 7.10. The van der Waals surface area contributed by atoms with Gasteiger partial charge in [-0.25, -0.2) is 9.59 Å². The fraction of sp³-hybridized carbons (Fsp3) is 0.318. The molecule has 158 valence electrons. The lowest BCUT2D eigenvalue weighted by atomic mass is 10.1. The number of halogens is 1. The summed E-state index contributed by atoms with van der Waals surface area (Å²) < 4.78 is 9.05.